The van der Waals surface area contributed by atoms with E-state index in [-0.39, 0.29) is 34.7 Å². The van der Waals surface area contributed by atoms with Gasteiger partial charge < -0.3 is 10.1 Å². The maximum Gasteiger partial charge on any atom is 0.338 e. The number of hydrogen-bond acceptors (Lipinski definition) is 8. The molecule has 1 N–H and O–H groups in total. The van der Waals surface area contributed by atoms with Crippen molar-refractivity contribution in [1.29, 1.82) is 0 Å². The average Bonchev–Trinajstić information content (AvgIpc) is 3.30. The highest BCUT2D eigenvalue weighted by molar-refractivity contribution is 7.99. The first-order chi connectivity index (χ1) is 17.9. The van der Waals surface area contributed by atoms with Gasteiger partial charge in [-0.25, -0.2) is 13.2 Å². The summed E-state index contributed by atoms with van der Waals surface area (Å²) in [6, 6.07) is 23.7. The Labute approximate surface area is 218 Å². The predicted molar refractivity (Wildman–Crippen MR) is 140 cm³/mol. The van der Waals surface area contributed by atoms with E-state index in [0.29, 0.717) is 22.1 Å². The van der Waals surface area contributed by atoms with Crippen LogP contribution in [0.5, 0.6) is 0 Å². The van der Waals surface area contributed by atoms with Gasteiger partial charge in [0.05, 0.1) is 22.8 Å². The number of rotatable bonds is 10. The minimum atomic E-state index is -3.66. The van der Waals surface area contributed by atoms with Crippen LogP contribution in [-0.4, -0.2) is 47.4 Å². The zero-order valence-corrected chi connectivity index (χ0v) is 21.5. The highest BCUT2D eigenvalue weighted by Crippen LogP contribution is 2.25. The fourth-order valence-corrected chi connectivity index (χ4v) is 5.47. The zero-order chi connectivity index (χ0) is 26.3. The smallest absolute Gasteiger partial charge is 0.338 e. The summed E-state index contributed by atoms with van der Waals surface area (Å²) in [6.45, 7) is 2.01. The first-order valence-corrected chi connectivity index (χ1v) is 14.0. The van der Waals surface area contributed by atoms with Gasteiger partial charge >= 0.3 is 5.97 Å². The molecule has 4 aromatic rings. The molecule has 1 amide bonds. The molecule has 0 fully saturated rings. The van der Waals surface area contributed by atoms with Crippen molar-refractivity contribution in [3.05, 3.63) is 96.3 Å². The first-order valence-electron chi connectivity index (χ1n) is 11.3. The molecule has 9 nitrogen and oxygen atoms in total. The fraction of sp³-hybridized carbons (Fsp3) is 0.154. The summed E-state index contributed by atoms with van der Waals surface area (Å²) in [4.78, 5) is 24.6. The van der Waals surface area contributed by atoms with Gasteiger partial charge in [0.2, 0.25) is 5.91 Å². The van der Waals surface area contributed by atoms with Gasteiger partial charge in [0.1, 0.15) is 5.75 Å². The SMILES string of the molecule is CCOC(=O)c1ccc(NC(=O)CSc2nnc(CS(=O)(=O)c3ccccc3)n2-c2ccccc2)cc1. The van der Waals surface area contributed by atoms with Crippen LogP contribution < -0.4 is 5.32 Å². The number of benzene rings is 3. The number of sulfone groups is 1. The molecule has 1 aromatic heterocycles. The highest BCUT2D eigenvalue weighted by atomic mass is 32.2. The summed E-state index contributed by atoms with van der Waals surface area (Å²) in [7, 11) is -3.66. The molecule has 1 heterocycles. The van der Waals surface area contributed by atoms with Crippen LogP contribution in [0.4, 0.5) is 5.69 Å². The number of nitrogens with one attached hydrogen (secondary N) is 1. The van der Waals surface area contributed by atoms with Gasteiger partial charge in [-0.1, -0.05) is 48.2 Å². The van der Waals surface area contributed by atoms with Crippen molar-refractivity contribution in [2.24, 2.45) is 0 Å². The summed E-state index contributed by atoms with van der Waals surface area (Å²) in [5.41, 5.74) is 1.60. The Morgan fingerprint density at radius 2 is 1.57 bits per heavy atom. The van der Waals surface area contributed by atoms with Crippen molar-refractivity contribution in [3.8, 4) is 5.69 Å². The van der Waals surface area contributed by atoms with Crippen LogP contribution in [0.2, 0.25) is 0 Å². The molecule has 0 unspecified atom stereocenters. The lowest BCUT2D eigenvalue weighted by molar-refractivity contribution is -0.113. The number of esters is 1. The normalized spacial score (nSPS) is 11.2. The fourth-order valence-electron chi connectivity index (χ4n) is 3.44. The van der Waals surface area contributed by atoms with Crippen LogP contribution in [0.1, 0.15) is 23.1 Å². The number of thioether (sulfide) groups is 1. The molecular formula is C26H24N4O5S2. The number of amides is 1. The number of hydrogen-bond donors (Lipinski definition) is 1. The summed E-state index contributed by atoms with van der Waals surface area (Å²) in [6.07, 6.45) is 0. The third-order valence-electron chi connectivity index (χ3n) is 5.15. The van der Waals surface area contributed by atoms with E-state index in [4.69, 9.17) is 4.74 Å². The predicted octanol–water partition coefficient (Wildman–Crippen LogP) is 4.15. The number of carbonyl (C=O) groups is 2. The molecule has 4 rings (SSSR count). The second-order valence-electron chi connectivity index (χ2n) is 7.78. The third-order valence-corrected chi connectivity index (χ3v) is 7.71. The van der Waals surface area contributed by atoms with E-state index < -0.39 is 15.8 Å². The zero-order valence-electron chi connectivity index (χ0n) is 19.9. The monoisotopic (exact) mass is 536 g/mol. The van der Waals surface area contributed by atoms with Crippen molar-refractivity contribution >= 4 is 39.2 Å². The lowest BCUT2D eigenvalue weighted by Gasteiger charge is -2.11. The molecule has 190 valence electrons. The van der Waals surface area contributed by atoms with Crippen molar-refractivity contribution < 1.29 is 22.7 Å². The number of nitrogens with zero attached hydrogens (tertiary/aromatic N) is 3. The van der Waals surface area contributed by atoms with Crippen molar-refractivity contribution in [2.75, 3.05) is 17.7 Å². The van der Waals surface area contributed by atoms with E-state index in [2.05, 4.69) is 15.5 Å². The van der Waals surface area contributed by atoms with Crippen LogP contribution in [0.15, 0.2) is 95.0 Å². The van der Waals surface area contributed by atoms with Gasteiger partial charge in [-0.15, -0.1) is 10.2 Å². The number of aromatic nitrogens is 3. The molecule has 0 bridgehead atoms. The second-order valence-corrected chi connectivity index (χ2v) is 10.7. The van der Waals surface area contributed by atoms with E-state index in [1.807, 2.05) is 30.3 Å². The van der Waals surface area contributed by atoms with Crippen LogP contribution >= 0.6 is 11.8 Å². The van der Waals surface area contributed by atoms with Gasteiger partial charge in [0.15, 0.2) is 20.8 Å². The van der Waals surface area contributed by atoms with Gasteiger partial charge in [0, 0.05) is 11.4 Å². The molecule has 0 atom stereocenters. The van der Waals surface area contributed by atoms with Gasteiger partial charge in [-0.2, -0.15) is 0 Å². The number of anilines is 1. The van der Waals surface area contributed by atoms with E-state index in [0.717, 1.165) is 11.8 Å². The Balaban J connectivity index is 1.49. The van der Waals surface area contributed by atoms with Gasteiger partial charge in [-0.05, 0) is 55.5 Å². The largest absolute Gasteiger partial charge is 0.462 e. The Morgan fingerprint density at radius 3 is 2.22 bits per heavy atom. The molecule has 37 heavy (non-hydrogen) atoms. The first kappa shape index (κ1) is 26.1. The van der Waals surface area contributed by atoms with Crippen molar-refractivity contribution in [2.45, 2.75) is 22.7 Å². The molecule has 0 saturated carbocycles. The van der Waals surface area contributed by atoms with Crippen molar-refractivity contribution in [1.82, 2.24) is 14.8 Å². The standard InChI is InChI=1S/C26H24N4O5S2/c1-2-35-25(32)19-13-15-20(16-14-19)27-24(31)17-36-26-29-28-23(30(26)21-9-5-3-6-10-21)18-37(33,34)22-11-7-4-8-12-22/h3-16H,2,17-18H2,1H3,(H,27,31). The third kappa shape index (κ3) is 6.63. The highest BCUT2D eigenvalue weighted by Gasteiger charge is 2.23. The maximum atomic E-state index is 13.0. The second kappa shape index (κ2) is 11.8. The number of ether oxygens (including phenoxy) is 1. The Hall–Kier alpha value is -3.96. The van der Waals surface area contributed by atoms with Crippen molar-refractivity contribution in [3.63, 3.8) is 0 Å². The topological polar surface area (TPSA) is 120 Å². The molecular weight excluding hydrogens is 512 g/mol. The molecule has 0 aliphatic heterocycles. The van der Waals surface area contributed by atoms with Crippen LogP contribution in [0.25, 0.3) is 5.69 Å². The maximum absolute atomic E-state index is 13.0. The summed E-state index contributed by atoms with van der Waals surface area (Å²) in [5.74, 6) is -0.821. The molecule has 0 aliphatic rings. The van der Waals surface area contributed by atoms with E-state index >= 15 is 0 Å². The lowest BCUT2D eigenvalue weighted by atomic mass is 10.2. The Kier molecular flexibility index (Phi) is 8.36. The minimum Gasteiger partial charge on any atom is -0.462 e. The lowest BCUT2D eigenvalue weighted by Crippen LogP contribution is -2.15. The number of carbonyl (C=O) groups excluding carboxylic acids is 2. The molecule has 3 aromatic carbocycles. The summed E-state index contributed by atoms with van der Waals surface area (Å²) in [5, 5.41) is 11.5. The summed E-state index contributed by atoms with van der Waals surface area (Å²) < 4.78 is 32.6. The molecule has 0 radical (unpaired) electrons. The van der Waals surface area contributed by atoms with Crippen LogP contribution in [0.3, 0.4) is 0 Å². The van der Waals surface area contributed by atoms with Crippen LogP contribution in [0, 0.1) is 0 Å². The Morgan fingerprint density at radius 1 is 0.919 bits per heavy atom. The molecule has 0 aliphatic carbocycles. The molecule has 0 saturated heterocycles. The van der Waals surface area contributed by atoms with E-state index in [9.17, 15) is 18.0 Å². The van der Waals surface area contributed by atoms with Gasteiger partial charge in [0.25, 0.3) is 0 Å². The van der Waals surface area contributed by atoms with Crippen LogP contribution in [-0.2, 0) is 25.1 Å². The Bertz CT molecular complexity index is 1470. The summed E-state index contributed by atoms with van der Waals surface area (Å²) >= 11 is 1.13. The molecule has 0 spiro atoms. The quantitative estimate of drug-likeness (QED) is 0.237. The number of para-hydroxylation sites is 1. The van der Waals surface area contributed by atoms with Gasteiger partial charge in [-0.3, -0.25) is 9.36 Å². The average molecular weight is 537 g/mol. The van der Waals surface area contributed by atoms with E-state index in [1.165, 1.54) is 12.1 Å². The molecule has 11 heteroatoms. The van der Waals surface area contributed by atoms with E-state index in [1.54, 1.807) is 54.0 Å². The minimum absolute atomic E-state index is 0.00995.